The van der Waals surface area contributed by atoms with Gasteiger partial charge in [-0.2, -0.15) is 4.68 Å². The van der Waals surface area contributed by atoms with Crippen LogP contribution in [-0.4, -0.2) is 15.7 Å². The van der Waals surface area contributed by atoms with Crippen LogP contribution >= 0.6 is 23.6 Å². The largest absolute Gasteiger partial charge is 0.322 e. The second-order valence-corrected chi connectivity index (χ2v) is 4.38. The normalized spacial score (nSPS) is 10.1. The van der Waals surface area contributed by atoms with Crippen LogP contribution in [-0.2, 0) is 0 Å². The van der Waals surface area contributed by atoms with Crippen molar-refractivity contribution in [1.29, 1.82) is 0 Å². The van der Waals surface area contributed by atoms with Gasteiger partial charge in [-0.15, -0.1) is 0 Å². The van der Waals surface area contributed by atoms with Gasteiger partial charge >= 0.3 is 4.87 Å². The average Bonchev–Trinajstić information content (AvgIpc) is 2.58. The molecule has 0 aliphatic rings. The number of nitrogens with zero attached hydrogens (tertiary/aromatic N) is 1. The number of carbonyl (C=O) groups excluding carboxylic acids is 1. The summed E-state index contributed by atoms with van der Waals surface area (Å²) in [5.41, 5.74) is 0.489. The van der Waals surface area contributed by atoms with Crippen molar-refractivity contribution in [2.75, 3.05) is 0 Å². The van der Waals surface area contributed by atoms with Gasteiger partial charge in [0.2, 0.25) is 0 Å². The summed E-state index contributed by atoms with van der Waals surface area (Å²) in [5, 5.41) is 2.37. The molecular weight excluding hydrogens is 232 g/mol. The standard InChI is InChI=1S/C9H6N2O2S2/c12-7(6-4-2-1-3-5-6)11-9(14)15-8(13)10-11/h1-5H,(H,10,13). The molecule has 0 radical (unpaired) electrons. The van der Waals surface area contributed by atoms with E-state index < -0.39 is 0 Å². The van der Waals surface area contributed by atoms with E-state index in [2.05, 4.69) is 5.10 Å². The summed E-state index contributed by atoms with van der Waals surface area (Å²) in [6.45, 7) is 0. The zero-order chi connectivity index (χ0) is 10.8. The Morgan fingerprint density at radius 2 is 2.00 bits per heavy atom. The van der Waals surface area contributed by atoms with Gasteiger partial charge in [0.15, 0.2) is 3.95 Å². The molecule has 0 aliphatic heterocycles. The Kier molecular flexibility index (Phi) is 2.61. The number of nitrogens with one attached hydrogen (secondary N) is 1. The lowest BCUT2D eigenvalue weighted by Crippen LogP contribution is -2.16. The maximum Gasteiger partial charge on any atom is 0.322 e. The van der Waals surface area contributed by atoms with Crippen molar-refractivity contribution in [2.24, 2.45) is 0 Å². The molecule has 76 valence electrons. The predicted molar refractivity (Wildman–Crippen MR) is 59.9 cm³/mol. The number of carbonyl (C=O) groups is 1. The number of H-pyrrole nitrogens is 1. The van der Waals surface area contributed by atoms with E-state index in [1.165, 1.54) is 0 Å². The third-order valence-corrected chi connectivity index (χ3v) is 2.86. The summed E-state index contributed by atoms with van der Waals surface area (Å²) < 4.78 is 1.31. The van der Waals surface area contributed by atoms with Gasteiger partial charge in [-0.3, -0.25) is 9.59 Å². The van der Waals surface area contributed by atoms with Gasteiger partial charge in [0.1, 0.15) is 0 Å². The maximum atomic E-state index is 11.8. The minimum Gasteiger partial charge on any atom is -0.267 e. The van der Waals surface area contributed by atoms with Crippen molar-refractivity contribution in [2.45, 2.75) is 0 Å². The molecule has 0 fully saturated rings. The Hall–Kier alpha value is -1.53. The molecule has 15 heavy (non-hydrogen) atoms. The molecule has 0 saturated heterocycles. The van der Waals surface area contributed by atoms with Crippen LogP contribution in [0.2, 0.25) is 0 Å². The number of hydrogen-bond acceptors (Lipinski definition) is 4. The quantitative estimate of drug-likeness (QED) is 0.769. The molecule has 0 atom stereocenters. The van der Waals surface area contributed by atoms with Gasteiger partial charge in [0, 0.05) is 5.56 Å². The van der Waals surface area contributed by atoms with Crippen LogP contribution in [0.3, 0.4) is 0 Å². The van der Waals surface area contributed by atoms with E-state index in [9.17, 15) is 9.59 Å². The van der Waals surface area contributed by atoms with Crippen LogP contribution < -0.4 is 4.87 Å². The summed E-state index contributed by atoms with van der Waals surface area (Å²) in [7, 11) is 0. The average molecular weight is 238 g/mol. The number of aromatic nitrogens is 2. The Bertz CT molecular complexity index is 594. The molecule has 0 spiro atoms. The molecule has 0 aliphatic carbocycles. The fourth-order valence-electron chi connectivity index (χ4n) is 1.13. The molecule has 0 saturated carbocycles. The number of rotatable bonds is 1. The van der Waals surface area contributed by atoms with Crippen molar-refractivity contribution >= 4 is 29.5 Å². The van der Waals surface area contributed by atoms with Crippen LogP contribution in [0, 0.1) is 3.95 Å². The Morgan fingerprint density at radius 3 is 2.53 bits per heavy atom. The van der Waals surface area contributed by atoms with Crippen molar-refractivity contribution < 1.29 is 4.79 Å². The number of benzene rings is 1. The third-order valence-electron chi connectivity index (χ3n) is 1.79. The lowest BCUT2D eigenvalue weighted by atomic mass is 10.2. The highest BCUT2D eigenvalue weighted by atomic mass is 32.1. The van der Waals surface area contributed by atoms with Crippen molar-refractivity contribution in [3.8, 4) is 0 Å². The van der Waals surface area contributed by atoms with Crippen molar-refractivity contribution in [3.05, 3.63) is 49.5 Å². The summed E-state index contributed by atoms with van der Waals surface area (Å²) in [4.78, 5) is 22.5. The van der Waals surface area contributed by atoms with Crippen molar-refractivity contribution in [3.63, 3.8) is 0 Å². The topological polar surface area (TPSA) is 54.9 Å². The van der Waals surface area contributed by atoms with Gasteiger partial charge in [0.25, 0.3) is 5.91 Å². The van der Waals surface area contributed by atoms with Crippen LogP contribution in [0.5, 0.6) is 0 Å². The highest BCUT2D eigenvalue weighted by Gasteiger charge is 2.09. The first kappa shape index (κ1) is 10.0. The fourth-order valence-corrected chi connectivity index (χ4v) is 2.00. The summed E-state index contributed by atoms with van der Waals surface area (Å²) >= 11 is 5.72. The minimum atomic E-state index is -0.329. The van der Waals surface area contributed by atoms with E-state index in [0.717, 1.165) is 16.0 Å². The van der Waals surface area contributed by atoms with Gasteiger partial charge < -0.3 is 0 Å². The highest BCUT2D eigenvalue weighted by molar-refractivity contribution is 7.73. The number of hydrogen-bond donors (Lipinski definition) is 1. The maximum absolute atomic E-state index is 11.8. The van der Waals surface area contributed by atoms with E-state index in [-0.39, 0.29) is 14.7 Å². The second kappa shape index (κ2) is 3.92. The molecule has 4 nitrogen and oxygen atoms in total. The molecular formula is C9H6N2O2S2. The van der Waals surface area contributed by atoms with E-state index in [4.69, 9.17) is 12.2 Å². The zero-order valence-corrected chi connectivity index (χ0v) is 9.10. The van der Waals surface area contributed by atoms with Crippen molar-refractivity contribution in [1.82, 2.24) is 9.78 Å². The zero-order valence-electron chi connectivity index (χ0n) is 7.47. The summed E-state index contributed by atoms with van der Waals surface area (Å²) in [5.74, 6) is -0.320. The summed E-state index contributed by atoms with van der Waals surface area (Å²) in [6, 6.07) is 8.65. The molecule has 1 aromatic carbocycles. The van der Waals surface area contributed by atoms with Gasteiger partial charge in [-0.25, -0.2) is 5.10 Å². The lowest BCUT2D eigenvalue weighted by molar-refractivity contribution is 0.0943. The van der Waals surface area contributed by atoms with E-state index in [0.29, 0.717) is 5.56 Å². The molecule has 0 unspecified atom stereocenters. The number of aromatic amines is 1. The van der Waals surface area contributed by atoms with Crippen LogP contribution in [0.4, 0.5) is 0 Å². The molecule has 1 heterocycles. The van der Waals surface area contributed by atoms with E-state index in [1.54, 1.807) is 24.3 Å². The SMILES string of the molecule is O=C(c1ccccc1)n1[nH]c(=O)sc1=S. The minimum absolute atomic E-state index is 0.230. The molecule has 2 rings (SSSR count). The third kappa shape index (κ3) is 1.95. The first-order chi connectivity index (χ1) is 7.18. The molecule has 1 N–H and O–H groups in total. The lowest BCUT2D eigenvalue weighted by Gasteiger charge is -1.99. The molecule has 6 heteroatoms. The first-order valence-electron chi connectivity index (χ1n) is 4.10. The Balaban J connectivity index is 2.50. The molecule has 0 amide bonds. The first-order valence-corrected chi connectivity index (χ1v) is 5.33. The monoisotopic (exact) mass is 238 g/mol. The molecule has 0 bridgehead atoms. The second-order valence-electron chi connectivity index (χ2n) is 2.77. The fraction of sp³-hybridized carbons (Fsp3) is 0. The van der Waals surface area contributed by atoms with Gasteiger partial charge in [-0.05, 0) is 35.7 Å². The van der Waals surface area contributed by atoms with Gasteiger partial charge in [0.05, 0.1) is 0 Å². The van der Waals surface area contributed by atoms with Crippen LogP contribution in [0.15, 0.2) is 35.1 Å². The Labute approximate surface area is 93.8 Å². The van der Waals surface area contributed by atoms with Crippen LogP contribution in [0.25, 0.3) is 0 Å². The smallest absolute Gasteiger partial charge is 0.267 e. The molecule has 1 aromatic heterocycles. The van der Waals surface area contributed by atoms with Gasteiger partial charge in [-0.1, -0.05) is 18.2 Å². The van der Waals surface area contributed by atoms with E-state index in [1.807, 2.05) is 6.07 Å². The summed E-state index contributed by atoms with van der Waals surface area (Å²) in [6.07, 6.45) is 0. The molecule has 2 aromatic rings. The Morgan fingerprint density at radius 1 is 1.33 bits per heavy atom. The van der Waals surface area contributed by atoms with E-state index >= 15 is 0 Å². The highest BCUT2D eigenvalue weighted by Crippen LogP contribution is 2.03. The van der Waals surface area contributed by atoms with Crippen LogP contribution in [0.1, 0.15) is 10.4 Å². The predicted octanol–water partition coefficient (Wildman–Crippen LogP) is 1.66.